The van der Waals surface area contributed by atoms with Crippen LogP contribution in [-0.2, 0) is 6.42 Å². The standard InChI is InChI=1S/C16H26OSi/c1-18(2,3)16(14-9-10-15(17)12-14)11-13-7-5-4-6-8-13/h4-8,14-17H,9-12H2,1-3H3/t14-,15+,16?/m1/s1. The van der Waals surface area contributed by atoms with Crippen molar-refractivity contribution < 1.29 is 5.11 Å². The lowest BCUT2D eigenvalue weighted by Gasteiger charge is -2.34. The number of hydrogen-bond acceptors (Lipinski definition) is 1. The molecule has 2 rings (SSSR count). The van der Waals surface area contributed by atoms with Gasteiger partial charge in [0.15, 0.2) is 0 Å². The van der Waals surface area contributed by atoms with Crippen LogP contribution in [0, 0.1) is 5.92 Å². The van der Waals surface area contributed by atoms with Gasteiger partial charge < -0.3 is 5.11 Å². The fraction of sp³-hybridized carbons (Fsp3) is 0.625. The van der Waals surface area contributed by atoms with Gasteiger partial charge in [-0.3, -0.25) is 0 Å². The maximum absolute atomic E-state index is 9.80. The monoisotopic (exact) mass is 262 g/mol. The highest BCUT2D eigenvalue weighted by Crippen LogP contribution is 2.42. The van der Waals surface area contributed by atoms with Gasteiger partial charge in [0.25, 0.3) is 0 Å². The van der Waals surface area contributed by atoms with Crippen molar-refractivity contribution >= 4 is 8.07 Å². The largest absolute Gasteiger partial charge is 0.393 e. The molecular formula is C16H26OSi. The van der Waals surface area contributed by atoms with Crippen LogP contribution < -0.4 is 0 Å². The Labute approximate surface area is 112 Å². The molecule has 1 unspecified atom stereocenters. The summed E-state index contributed by atoms with van der Waals surface area (Å²) in [6.45, 7) is 7.43. The van der Waals surface area contributed by atoms with Gasteiger partial charge in [-0.05, 0) is 42.7 Å². The van der Waals surface area contributed by atoms with E-state index in [0.29, 0.717) is 0 Å². The number of aliphatic hydroxyl groups excluding tert-OH is 1. The third-order valence-corrected chi connectivity index (χ3v) is 7.33. The summed E-state index contributed by atoms with van der Waals surface area (Å²) in [5.74, 6) is 0.742. The predicted octanol–water partition coefficient (Wildman–Crippen LogP) is 4.10. The molecule has 0 bridgehead atoms. The molecular weight excluding hydrogens is 236 g/mol. The molecule has 1 aromatic rings. The molecule has 0 radical (unpaired) electrons. The Morgan fingerprint density at radius 3 is 2.33 bits per heavy atom. The second-order valence-electron chi connectivity index (χ2n) is 6.89. The van der Waals surface area contributed by atoms with Crippen LogP contribution in [-0.4, -0.2) is 19.3 Å². The van der Waals surface area contributed by atoms with Gasteiger partial charge in [-0.1, -0.05) is 50.0 Å². The molecule has 1 aliphatic carbocycles. The summed E-state index contributed by atoms with van der Waals surface area (Å²) in [5, 5.41) is 9.80. The van der Waals surface area contributed by atoms with Gasteiger partial charge in [0, 0.05) is 8.07 Å². The molecule has 18 heavy (non-hydrogen) atoms. The van der Waals surface area contributed by atoms with Gasteiger partial charge in [-0.25, -0.2) is 0 Å². The lowest BCUT2D eigenvalue weighted by molar-refractivity contribution is 0.176. The highest BCUT2D eigenvalue weighted by Gasteiger charge is 2.37. The fourth-order valence-corrected chi connectivity index (χ4v) is 5.97. The molecule has 1 aliphatic rings. The molecule has 1 fully saturated rings. The highest BCUT2D eigenvalue weighted by atomic mass is 28.3. The maximum atomic E-state index is 9.80. The van der Waals surface area contributed by atoms with Crippen molar-refractivity contribution in [1.82, 2.24) is 0 Å². The molecule has 0 aromatic heterocycles. The summed E-state index contributed by atoms with van der Waals surface area (Å²) >= 11 is 0. The first-order valence-electron chi connectivity index (χ1n) is 7.19. The number of hydrogen-bond donors (Lipinski definition) is 1. The summed E-state index contributed by atoms with van der Waals surface area (Å²) in [7, 11) is -1.18. The number of benzene rings is 1. The Morgan fingerprint density at radius 2 is 1.83 bits per heavy atom. The Hall–Kier alpha value is -0.603. The molecule has 0 saturated heterocycles. The molecule has 1 saturated carbocycles. The normalized spacial score (nSPS) is 26.2. The van der Waals surface area contributed by atoms with Crippen LogP contribution in [0.15, 0.2) is 30.3 Å². The van der Waals surface area contributed by atoms with Crippen LogP contribution in [0.3, 0.4) is 0 Å². The molecule has 2 heteroatoms. The maximum Gasteiger partial charge on any atom is 0.0543 e. The van der Waals surface area contributed by atoms with Gasteiger partial charge in [0.2, 0.25) is 0 Å². The van der Waals surface area contributed by atoms with E-state index in [-0.39, 0.29) is 6.10 Å². The van der Waals surface area contributed by atoms with E-state index >= 15 is 0 Å². The average molecular weight is 262 g/mol. The van der Waals surface area contributed by atoms with Crippen LogP contribution in [0.4, 0.5) is 0 Å². The SMILES string of the molecule is C[Si](C)(C)C(Cc1ccccc1)[C@@H]1CC[C@H](O)C1. The Morgan fingerprint density at radius 1 is 1.17 bits per heavy atom. The highest BCUT2D eigenvalue weighted by molar-refractivity contribution is 6.77. The Kier molecular flexibility index (Phi) is 4.28. The first-order valence-corrected chi connectivity index (χ1v) is 10.8. The zero-order chi connectivity index (χ0) is 13.2. The minimum atomic E-state index is -1.18. The smallest absolute Gasteiger partial charge is 0.0543 e. The van der Waals surface area contributed by atoms with Crippen molar-refractivity contribution in [3.05, 3.63) is 35.9 Å². The molecule has 100 valence electrons. The van der Waals surface area contributed by atoms with Gasteiger partial charge in [-0.15, -0.1) is 0 Å². The second kappa shape index (κ2) is 5.58. The van der Waals surface area contributed by atoms with E-state index in [9.17, 15) is 5.11 Å². The third-order valence-electron chi connectivity index (χ3n) is 4.43. The van der Waals surface area contributed by atoms with Crippen molar-refractivity contribution in [2.24, 2.45) is 5.92 Å². The van der Waals surface area contributed by atoms with Gasteiger partial charge in [0.05, 0.1) is 6.10 Å². The topological polar surface area (TPSA) is 20.2 Å². The van der Waals surface area contributed by atoms with Crippen molar-refractivity contribution in [3.8, 4) is 0 Å². The van der Waals surface area contributed by atoms with E-state index in [1.165, 1.54) is 18.4 Å². The van der Waals surface area contributed by atoms with Gasteiger partial charge >= 0.3 is 0 Å². The van der Waals surface area contributed by atoms with Crippen LogP contribution in [0.1, 0.15) is 24.8 Å². The molecule has 1 N–H and O–H groups in total. The Bertz CT molecular complexity index is 368. The molecule has 1 nitrogen and oxygen atoms in total. The summed E-state index contributed by atoms with van der Waals surface area (Å²) < 4.78 is 0. The lowest BCUT2D eigenvalue weighted by Crippen LogP contribution is -2.34. The summed E-state index contributed by atoms with van der Waals surface area (Å²) in [6, 6.07) is 10.9. The minimum absolute atomic E-state index is 0.0374. The van der Waals surface area contributed by atoms with Gasteiger partial charge in [-0.2, -0.15) is 0 Å². The minimum Gasteiger partial charge on any atom is -0.393 e. The number of aliphatic hydroxyl groups is 1. The zero-order valence-electron chi connectivity index (χ0n) is 11.9. The average Bonchev–Trinajstić information content (AvgIpc) is 2.72. The molecule has 1 aromatic carbocycles. The van der Waals surface area contributed by atoms with E-state index in [1.54, 1.807) is 0 Å². The van der Waals surface area contributed by atoms with Crippen molar-refractivity contribution in [2.75, 3.05) is 0 Å². The number of rotatable bonds is 4. The van der Waals surface area contributed by atoms with E-state index in [2.05, 4.69) is 50.0 Å². The van der Waals surface area contributed by atoms with E-state index < -0.39 is 8.07 Å². The zero-order valence-corrected chi connectivity index (χ0v) is 12.9. The first kappa shape index (κ1) is 13.8. The predicted molar refractivity (Wildman–Crippen MR) is 80.6 cm³/mol. The quantitative estimate of drug-likeness (QED) is 0.810. The molecule has 0 spiro atoms. The van der Waals surface area contributed by atoms with E-state index in [0.717, 1.165) is 24.3 Å². The van der Waals surface area contributed by atoms with Crippen LogP contribution in [0.5, 0.6) is 0 Å². The summed E-state index contributed by atoms with van der Waals surface area (Å²) in [4.78, 5) is 0. The van der Waals surface area contributed by atoms with Crippen molar-refractivity contribution in [1.29, 1.82) is 0 Å². The first-order chi connectivity index (χ1) is 8.47. The molecule has 0 heterocycles. The molecule has 0 amide bonds. The van der Waals surface area contributed by atoms with Crippen LogP contribution >= 0.6 is 0 Å². The summed E-state index contributed by atoms with van der Waals surface area (Å²) in [5.41, 5.74) is 2.27. The second-order valence-corrected chi connectivity index (χ2v) is 12.4. The summed E-state index contributed by atoms with van der Waals surface area (Å²) in [6.07, 6.45) is 4.43. The lowest BCUT2D eigenvalue weighted by atomic mass is 9.97. The van der Waals surface area contributed by atoms with Crippen molar-refractivity contribution in [3.63, 3.8) is 0 Å². The Balaban J connectivity index is 2.11. The third kappa shape index (κ3) is 3.45. The van der Waals surface area contributed by atoms with Crippen molar-refractivity contribution in [2.45, 2.75) is 57.0 Å². The van der Waals surface area contributed by atoms with E-state index in [4.69, 9.17) is 0 Å². The molecule has 3 atom stereocenters. The van der Waals surface area contributed by atoms with Gasteiger partial charge in [0.1, 0.15) is 0 Å². The fourth-order valence-electron chi connectivity index (χ4n) is 3.41. The van der Waals surface area contributed by atoms with Crippen LogP contribution in [0.25, 0.3) is 0 Å². The molecule has 0 aliphatic heterocycles. The van der Waals surface area contributed by atoms with Crippen LogP contribution in [0.2, 0.25) is 25.2 Å². The van der Waals surface area contributed by atoms with E-state index in [1.807, 2.05) is 0 Å².